The number of aromatic carboxylic acids is 1. The fourth-order valence-corrected chi connectivity index (χ4v) is 1.17. The number of benzene rings is 1. The van der Waals surface area contributed by atoms with Gasteiger partial charge in [-0.25, -0.2) is 9.18 Å². The molecule has 1 rings (SSSR count). The number of carbonyl (C=O) groups is 1. The summed E-state index contributed by atoms with van der Waals surface area (Å²) in [6.45, 7) is 0. The molecule has 0 aliphatic carbocycles. The normalized spacial score (nSPS) is 10.7. The van der Waals surface area contributed by atoms with Crippen LogP contribution >= 0.6 is 11.6 Å². The average Bonchev–Trinajstić information content (AvgIpc) is 2.14. The molecule has 0 saturated heterocycles. The van der Waals surface area contributed by atoms with E-state index in [1.807, 2.05) is 0 Å². The SMILES string of the molecule is O=C(O)c1c(F)cccc1C=CCCl. The first-order valence-electron chi connectivity index (χ1n) is 3.91. The monoisotopic (exact) mass is 214 g/mol. The number of rotatable bonds is 3. The highest BCUT2D eigenvalue weighted by Gasteiger charge is 2.13. The first-order chi connectivity index (χ1) is 6.66. The van der Waals surface area contributed by atoms with Crippen molar-refractivity contribution in [3.05, 3.63) is 41.2 Å². The lowest BCUT2D eigenvalue weighted by molar-refractivity contribution is 0.0691. The quantitative estimate of drug-likeness (QED) is 0.786. The number of carboxylic acids is 1. The Balaban J connectivity index is 3.21. The molecule has 0 bridgehead atoms. The zero-order chi connectivity index (χ0) is 10.6. The van der Waals surface area contributed by atoms with Crippen molar-refractivity contribution in [1.82, 2.24) is 0 Å². The predicted molar refractivity (Wildman–Crippen MR) is 53.1 cm³/mol. The van der Waals surface area contributed by atoms with Crippen molar-refractivity contribution in [2.24, 2.45) is 0 Å². The van der Waals surface area contributed by atoms with Gasteiger partial charge >= 0.3 is 5.97 Å². The molecular weight excluding hydrogens is 207 g/mol. The minimum absolute atomic E-state index is 0.259. The third-order valence-corrected chi connectivity index (χ3v) is 1.82. The smallest absolute Gasteiger partial charge is 0.339 e. The largest absolute Gasteiger partial charge is 0.478 e. The third kappa shape index (κ3) is 2.33. The van der Waals surface area contributed by atoms with Crippen molar-refractivity contribution in [3.63, 3.8) is 0 Å². The molecule has 0 atom stereocenters. The summed E-state index contributed by atoms with van der Waals surface area (Å²) in [6.07, 6.45) is 3.04. The fraction of sp³-hybridized carbons (Fsp3) is 0.100. The maximum Gasteiger partial charge on any atom is 0.339 e. The van der Waals surface area contributed by atoms with E-state index in [0.717, 1.165) is 6.07 Å². The summed E-state index contributed by atoms with van der Waals surface area (Å²) in [5.74, 6) is -1.76. The Morgan fingerprint density at radius 2 is 2.29 bits per heavy atom. The van der Waals surface area contributed by atoms with Crippen LogP contribution in [0.25, 0.3) is 6.08 Å². The van der Waals surface area contributed by atoms with E-state index in [1.54, 1.807) is 6.08 Å². The van der Waals surface area contributed by atoms with Gasteiger partial charge in [-0.3, -0.25) is 0 Å². The van der Waals surface area contributed by atoms with Gasteiger partial charge in [0.1, 0.15) is 11.4 Å². The minimum Gasteiger partial charge on any atom is -0.478 e. The van der Waals surface area contributed by atoms with Gasteiger partial charge in [0.05, 0.1) is 0 Å². The lowest BCUT2D eigenvalue weighted by Gasteiger charge is -2.01. The summed E-state index contributed by atoms with van der Waals surface area (Å²) in [6, 6.07) is 4.09. The molecule has 14 heavy (non-hydrogen) atoms. The van der Waals surface area contributed by atoms with Crippen molar-refractivity contribution < 1.29 is 14.3 Å². The van der Waals surface area contributed by atoms with Gasteiger partial charge in [0.25, 0.3) is 0 Å². The highest BCUT2D eigenvalue weighted by atomic mass is 35.5. The molecule has 4 heteroatoms. The van der Waals surface area contributed by atoms with E-state index in [4.69, 9.17) is 16.7 Å². The van der Waals surface area contributed by atoms with Crippen LogP contribution in [-0.2, 0) is 0 Å². The summed E-state index contributed by atoms with van der Waals surface area (Å²) in [5, 5.41) is 8.74. The standard InChI is InChI=1S/C10H8ClFO2/c11-6-2-4-7-3-1-5-8(12)9(7)10(13)14/h1-5H,6H2,(H,13,14). The van der Waals surface area contributed by atoms with E-state index in [1.165, 1.54) is 18.2 Å². The Bertz CT molecular complexity index is 374. The third-order valence-electron chi connectivity index (χ3n) is 1.65. The van der Waals surface area contributed by atoms with Crippen LogP contribution in [0.3, 0.4) is 0 Å². The number of alkyl halides is 1. The Labute approximate surface area is 85.6 Å². The summed E-state index contributed by atoms with van der Waals surface area (Å²) < 4.78 is 13.1. The molecule has 74 valence electrons. The molecule has 0 saturated carbocycles. The van der Waals surface area contributed by atoms with Crippen LogP contribution in [0.15, 0.2) is 24.3 Å². The number of allylic oxidation sites excluding steroid dienone is 1. The van der Waals surface area contributed by atoms with Crippen LogP contribution in [0.4, 0.5) is 4.39 Å². The number of hydrogen-bond donors (Lipinski definition) is 1. The van der Waals surface area contributed by atoms with Crippen LogP contribution in [-0.4, -0.2) is 17.0 Å². The molecular formula is C10H8ClFO2. The zero-order valence-corrected chi connectivity index (χ0v) is 7.96. The van der Waals surface area contributed by atoms with Crippen molar-refractivity contribution >= 4 is 23.6 Å². The van der Waals surface area contributed by atoms with Crippen molar-refractivity contribution in [3.8, 4) is 0 Å². The van der Waals surface area contributed by atoms with Gasteiger partial charge < -0.3 is 5.11 Å². The molecule has 1 aromatic rings. The Kier molecular flexibility index (Phi) is 3.65. The Hall–Kier alpha value is -1.35. The van der Waals surface area contributed by atoms with Crippen LogP contribution < -0.4 is 0 Å². The summed E-state index contributed by atoms with van der Waals surface area (Å²) in [4.78, 5) is 10.7. The second kappa shape index (κ2) is 4.77. The first kappa shape index (κ1) is 10.7. The second-order valence-corrected chi connectivity index (χ2v) is 2.87. The molecule has 0 aromatic heterocycles. The van der Waals surface area contributed by atoms with Crippen LogP contribution in [0, 0.1) is 5.82 Å². The van der Waals surface area contributed by atoms with Crippen LogP contribution in [0.2, 0.25) is 0 Å². The zero-order valence-electron chi connectivity index (χ0n) is 7.21. The molecule has 0 fully saturated rings. The van der Waals surface area contributed by atoms with E-state index in [-0.39, 0.29) is 11.4 Å². The number of hydrogen-bond acceptors (Lipinski definition) is 1. The van der Waals surface area contributed by atoms with Gasteiger partial charge in [0.2, 0.25) is 0 Å². The molecule has 1 N–H and O–H groups in total. The summed E-state index contributed by atoms with van der Waals surface area (Å²) in [5.41, 5.74) is -0.00739. The van der Waals surface area contributed by atoms with Crippen molar-refractivity contribution in [2.45, 2.75) is 0 Å². The highest BCUT2D eigenvalue weighted by Crippen LogP contribution is 2.15. The molecule has 0 heterocycles. The predicted octanol–water partition coefficient (Wildman–Crippen LogP) is 2.78. The Morgan fingerprint density at radius 3 is 2.86 bits per heavy atom. The maximum atomic E-state index is 13.1. The van der Waals surface area contributed by atoms with E-state index >= 15 is 0 Å². The molecule has 0 amide bonds. The van der Waals surface area contributed by atoms with Gasteiger partial charge in [-0.1, -0.05) is 24.3 Å². The second-order valence-electron chi connectivity index (χ2n) is 2.57. The van der Waals surface area contributed by atoms with Crippen molar-refractivity contribution in [1.29, 1.82) is 0 Å². The molecule has 0 aliphatic heterocycles. The van der Waals surface area contributed by atoms with E-state index in [2.05, 4.69) is 0 Å². The fourth-order valence-electron chi connectivity index (χ4n) is 1.08. The van der Waals surface area contributed by atoms with Gasteiger partial charge in [0.15, 0.2) is 0 Å². The maximum absolute atomic E-state index is 13.1. The summed E-state index contributed by atoms with van der Waals surface area (Å²) in [7, 11) is 0. The molecule has 1 aromatic carbocycles. The topological polar surface area (TPSA) is 37.3 Å². The van der Waals surface area contributed by atoms with Gasteiger partial charge in [-0.2, -0.15) is 0 Å². The van der Waals surface area contributed by atoms with Crippen LogP contribution in [0.1, 0.15) is 15.9 Å². The van der Waals surface area contributed by atoms with Gasteiger partial charge in [-0.05, 0) is 11.6 Å². The Morgan fingerprint density at radius 1 is 1.57 bits per heavy atom. The lowest BCUT2D eigenvalue weighted by Crippen LogP contribution is -2.03. The molecule has 0 spiro atoms. The number of halogens is 2. The highest BCUT2D eigenvalue weighted by molar-refractivity contribution is 6.19. The average molecular weight is 215 g/mol. The molecule has 0 unspecified atom stereocenters. The van der Waals surface area contributed by atoms with E-state index in [9.17, 15) is 9.18 Å². The lowest BCUT2D eigenvalue weighted by atomic mass is 10.1. The van der Waals surface area contributed by atoms with Gasteiger partial charge in [-0.15, -0.1) is 11.6 Å². The summed E-state index contributed by atoms with van der Waals surface area (Å²) >= 11 is 5.40. The van der Waals surface area contributed by atoms with Crippen molar-refractivity contribution in [2.75, 3.05) is 5.88 Å². The van der Waals surface area contributed by atoms with E-state index in [0.29, 0.717) is 5.56 Å². The first-order valence-corrected chi connectivity index (χ1v) is 4.44. The van der Waals surface area contributed by atoms with Gasteiger partial charge in [0, 0.05) is 5.88 Å². The molecule has 0 radical (unpaired) electrons. The molecule has 0 aliphatic rings. The van der Waals surface area contributed by atoms with E-state index < -0.39 is 11.8 Å². The molecule has 2 nitrogen and oxygen atoms in total. The minimum atomic E-state index is -1.28. The van der Waals surface area contributed by atoms with Crippen LogP contribution in [0.5, 0.6) is 0 Å². The number of carboxylic acid groups (broad SMARTS) is 1.